The fourth-order valence-electron chi connectivity index (χ4n) is 1.70. The molecule has 2 rings (SSSR count). The summed E-state index contributed by atoms with van der Waals surface area (Å²) in [6.45, 7) is 4.85. The molecular weight excluding hydrogens is 350 g/mol. The summed E-state index contributed by atoms with van der Waals surface area (Å²) in [7, 11) is 0. The predicted molar refractivity (Wildman–Crippen MR) is 94.2 cm³/mol. The first-order valence-electron chi connectivity index (χ1n) is 7.18. The number of carbonyl (C=O) groups is 1. The van der Waals surface area contributed by atoms with Gasteiger partial charge >= 0.3 is 0 Å². The summed E-state index contributed by atoms with van der Waals surface area (Å²) in [5, 5.41) is 23.7. The SMILES string of the molecule is CCCCNc1nnc(SCC(=O)C(C#N)c2nc(C)cs2)s1. The van der Waals surface area contributed by atoms with Crippen molar-refractivity contribution in [1.82, 2.24) is 15.2 Å². The van der Waals surface area contributed by atoms with Gasteiger partial charge in [-0.05, 0) is 13.3 Å². The predicted octanol–water partition coefficient (Wildman–Crippen LogP) is 3.48. The normalized spacial score (nSPS) is 11.9. The summed E-state index contributed by atoms with van der Waals surface area (Å²) in [5.41, 5.74) is 0.831. The lowest BCUT2D eigenvalue weighted by atomic mass is 10.1. The van der Waals surface area contributed by atoms with E-state index in [2.05, 4.69) is 27.4 Å². The van der Waals surface area contributed by atoms with E-state index in [1.54, 1.807) is 0 Å². The van der Waals surface area contributed by atoms with E-state index in [9.17, 15) is 10.1 Å². The van der Waals surface area contributed by atoms with Crippen LogP contribution in [-0.2, 0) is 4.79 Å². The number of thiazole rings is 1. The average molecular weight is 368 g/mol. The highest BCUT2D eigenvalue weighted by Crippen LogP contribution is 2.28. The molecule has 6 nitrogen and oxygen atoms in total. The first-order chi connectivity index (χ1) is 11.1. The highest BCUT2D eigenvalue weighted by Gasteiger charge is 2.23. The van der Waals surface area contributed by atoms with Crippen LogP contribution in [0.5, 0.6) is 0 Å². The molecule has 0 amide bonds. The Morgan fingerprint density at radius 3 is 3.00 bits per heavy atom. The second kappa shape index (κ2) is 8.96. The van der Waals surface area contributed by atoms with Crippen molar-refractivity contribution in [3.05, 3.63) is 16.1 Å². The number of ketones is 1. The lowest BCUT2D eigenvalue weighted by Crippen LogP contribution is -2.13. The molecule has 0 bridgehead atoms. The third kappa shape index (κ3) is 5.27. The van der Waals surface area contributed by atoms with Crippen LogP contribution >= 0.6 is 34.4 Å². The van der Waals surface area contributed by atoms with Gasteiger partial charge in [0.1, 0.15) is 5.01 Å². The number of hydrogen-bond acceptors (Lipinski definition) is 9. The summed E-state index contributed by atoms with van der Waals surface area (Å²) in [5.74, 6) is -0.751. The monoisotopic (exact) mass is 367 g/mol. The summed E-state index contributed by atoms with van der Waals surface area (Å²) < 4.78 is 0.726. The molecule has 0 spiro atoms. The smallest absolute Gasteiger partial charge is 0.206 e. The fourth-order valence-corrected chi connectivity index (χ4v) is 4.24. The number of thioether (sulfide) groups is 1. The molecule has 1 N–H and O–H groups in total. The van der Waals surface area contributed by atoms with Gasteiger partial charge in [-0.3, -0.25) is 4.79 Å². The Morgan fingerprint density at radius 1 is 1.52 bits per heavy atom. The number of aromatic nitrogens is 3. The molecule has 0 aliphatic heterocycles. The van der Waals surface area contributed by atoms with Crippen LogP contribution in [0.4, 0.5) is 5.13 Å². The van der Waals surface area contributed by atoms with E-state index < -0.39 is 5.92 Å². The Balaban J connectivity index is 1.87. The van der Waals surface area contributed by atoms with Gasteiger partial charge in [0.15, 0.2) is 16.0 Å². The van der Waals surface area contributed by atoms with Crippen molar-refractivity contribution in [3.8, 4) is 6.07 Å². The van der Waals surface area contributed by atoms with Crippen molar-refractivity contribution in [2.45, 2.75) is 36.9 Å². The second-order valence-corrected chi connectivity index (χ2v) is 7.89. The van der Waals surface area contributed by atoms with Gasteiger partial charge in [0.25, 0.3) is 0 Å². The van der Waals surface area contributed by atoms with E-state index in [1.807, 2.05) is 18.4 Å². The van der Waals surface area contributed by atoms with E-state index in [-0.39, 0.29) is 11.5 Å². The minimum absolute atomic E-state index is 0.150. The lowest BCUT2D eigenvalue weighted by Gasteiger charge is -2.03. The van der Waals surface area contributed by atoms with Crippen LogP contribution in [0.1, 0.15) is 36.4 Å². The Morgan fingerprint density at radius 2 is 2.35 bits per heavy atom. The Bertz CT molecular complexity index is 691. The van der Waals surface area contributed by atoms with E-state index >= 15 is 0 Å². The first-order valence-corrected chi connectivity index (χ1v) is 9.86. The van der Waals surface area contributed by atoms with Crippen molar-refractivity contribution >= 4 is 45.4 Å². The third-order valence-electron chi connectivity index (χ3n) is 2.89. The number of nitrogens with zero attached hydrogens (tertiary/aromatic N) is 4. The molecule has 0 radical (unpaired) electrons. The molecule has 1 atom stereocenters. The fraction of sp³-hybridized carbons (Fsp3) is 0.500. The molecule has 2 heterocycles. The summed E-state index contributed by atoms with van der Waals surface area (Å²) in [4.78, 5) is 16.5. The van der Waals surface area contributed by atoms with Gasteiger partial charge in [-0.1, -0.05) is 36.4 Å². The zero-order valence-electron chi connectivity index (χ0n) is 12.9. The summed E-state index contributed by atoms with van der Waals surface area (Å²) in [6.07, 6.45) is 2.20. The lowest BCUT2D eigenvalue weighted by molar-refractivity contribution is -0.116. The molecular formula is C14H17N5OS3. The van der Waals surface area contributed by atoms with Crippen molar-refractivity contribution in [1.29, 1.82) is 5.26 Å². The average Bonchev–Trinajstić information content (AvgIpc) is 3.16. The van der Waals surface area contributed by atoms with Gasteiger partial charge in [0, 0.05) is 17.6 Å². The number of Topliss-reactive ketones (excluding diaryl/α,β-unsaturated/α-hetero) is 1. The maximum atomic E-state index is 12.2. The first kappa shape index (κ1) is 17.8. The Kier molecular flexibility index (Phi) is 6.95. The van der Waals surface area contributed by atoms with Crippen LogP contribution in [0.3, 0.4) is 0 Å². The molecule has 0 saturated carbocycles. The van der Waals surface area contributed by atoms with Crippen molar-refractivity contribution in [2.24, 2.45) is 0 Å². The van der Waals surface area contributed by atoms with Crippen LogP contribution in [0.2, 0.25) is 0 Å². The highest BCUT2D eigenvalue weighted by molar-refractivity contribution is 8.01. The van der Waals surface area contributed by atoms with Crippen LogP contribution in [0, 0.1) is 18.3 Å². The topological polar surface area (TPSA) is 91.6 Å². The number of aryl methyl sites for hydroxylation is 1. The van der Waals surface area contributed by atoms with Gasteiger partial charge in [0.05, 0.1) is 11.8 Å². The van der Waals surface area contributed by atoms with Crippen LogP contribution < -0.4 is 5.32 Å². The zero-order chi connectivity index (χ0) is 16.7. The summed E-state index contributed by atoms with van der Waals surface area (Å²) >= 11 is 4.09. The zero-order valence-corrected chi connectivity index (χ0v) is 15.4. The second-order valence-electron chi connectivity index (χ2n) is 4.80. The van der Waals surface area contributed by atoms with Gasteiger partial charge < -0.3 is 5.32 Å². The van der Waals surface area contributed by atoms with E-state index in [0.29, 0.717) is 5.01 Å². The minimum Gasteiger partial charge on any atom is -0.360 e. The van der Waals surface area contributed by atoms with Crippen molar-refractivity contribution in [3.63, 3.8) is 0 Å². The van der Waals surface area contributed by atoms with Crippen molar-refractivity contribution in [2.75, 3.05) is 17.6 Å². The molecule has 0 aromatic carbocycles. The number of carbonyl (C=O) groups excluding carboxylic acids is 1. The number of nitrogens with one attached hydrogen (secondary N) is 1. The molecule has 0 fully saturated rings. The van der Waals surface area contributed by atoms with Crippen molar-refractivity contribution < 1.29 is 4.79 Å². The van der Waals surface area contributed by atoms with E-state index in [4.69, 9.17) is 0 Å². The molecule has 0 aliphatic carbocycles. The van der Waals surface area contributed by atoms with E-state index in [1.165, 1.54) is 34.4 Å². The minimum atomic E-state index is -0.795. The number of nitriles is 1. The van der Waals surface area contributed by atoms with Gasteiger partial charge in [0.2, 0.25) is 5.13 Å². The van der Waals surface area contributed by atoms with Crippen LogP contribution in [0.25, 0.3) is 0 Å². The Hall–Kier alpha value is -1.50. The highest BCUT2D eigenvalue weighted by atomic mass is 32.2. The molecule has 0 aliphatic rings. The molecule has 2 aromatic heterocycles. The molecule has 2 aromatic rings. The molecule has 23 heavy (non-hydrogen) atoms. The molecule has 0 saturated heterocycles. The molecule has 9 heteroatoms. The standard InChI is InChI=1S/C14H17N5OS3/c1-3-4-5-16-13-18-19-14(23-13)22-8-11(20)10(6-15)12-17-9(2)7-21-12/h7,10H,3-5,8H2,1-2H3,(H,16,18). The van der Waals surface area contributed by atoms with Gasteiger partial charge in [-0.15, -0.1) is 21.5 Å². The third-order valence-corrected chi connectivity index (χ3v) is 5.95. The van der Waals surface area contributed by atoms with E-state index in [0.717, 1.165) is 34.6 Å². The van der Waals surface area contributed by atoms with Gasteiger partial charge in [-0.2, -0.15) is 5.26 Å². The number of rotatable bonds is 9. The van der Waals surface area contributed by atoms with Crippen LogP contribution in [-0.4, -0.2) is 33.3 Å². The quantitative estimate of drug-likeness (QED) is 0.536. The number of unbranched alkanes of at least 4 members (excludes halogenated alkanes) is 1. The van der Waals surface area contributed by atoms with Gasteiger partial charge in [-0.25, -0.2) is 4.98 Å². The molecule has 122 valence electrons. The number of anilines is 1. The Labute approximate surface area is 147 Å². The maximum absolute atomic E-state index is 12.2. The number of hydrogen-bond donors (Lipinski definition) is 1. The van der Waals surface area contributed by atoms with Crippen LogP contribution in [0.15, 0.2) is 9.72 Å². The largest absolute Gasteiger partial charge is 0.360 e. The summed E-state index contributed by atoms with van der Waals surface area (Å²) in [6, 6.07) is 2.05. The molecule has 1 unspecified atom stereocenters. The maximum Gasteiger partial charge on any atom is 0.206 e.